The SMILES string of the molecule is CN(CO)C(=O)C1CCCN1C(=O)OC(C)(C)C. The second-order valence-electron chi connectivity index (χ2n) is 5.51. The molecular weight excluding hydrogens is 236 g/mol. The molecule has 1 aliphatic heterocycles. The number of likely N-dealkylation sites (N-methyl/N-ethyl adjacent to an activating group) is 1. The van der Waals surface area contributed by atoms with Crippen LogP contribution in [0, 0.1) is 0 Å². The molecule has 104 valence electrons. The summed E-state index contributed by atoms with van der Waals surface area (Å²) in [6, 6.07) is -0.517. The molecule has 6 nitrogen and oxygen atoms in total. The molecule has 1 aliphatic rings. The van der Waals surface area contributed by atoms with E-state index >= 15 is 0 Å². The Morgan fingerprint density at radius 2 is 2.06 bits per heavy atom. The van der Waals surface area contributed by atoms with Crippen molar-refractivity contribution in [3.8, 4) is 0 Å². The summed E-state index contributed by atoms with van der Waals surface area (Å²) in [6.45, 7) is 5.54. The van der Waals surface area contributed by atoms with Crippen LogP contribution in [0.25, 0.3) is 0 Å². The van der Waals surface area contributed by atoms with Crippen molar-refractivity contribution in [1.29, 1.82) is 0 Å². The highest BCUT2D eigenvalue weighted by Crippen LogP contribution is 2.22. The molecule has 6 heteroatoms. The minimum Gasteiger partial charge on any atom is -0.444 e. The number of carbonyl (C=O) groups is 2. The second-order valence-corrected chi connectivity index (χ2v) is 5.51. The van der Waals surface area contributed by atoms with Gasteiger partial charge >= 0.3 is 6.09 Å². The Morgan fingerprint density at radius 3 is 2.56 bits per heavy atom. The lowest BCUT2D eigenvalue weighted by Gasteiger charge is -2.29. The lowest BCUT2D eigenvalue weighted by atomic mass is 10.2. The van der Waals surface area contributed by atoms with E-state index in [-0.39, 0.29) is 12.6 Å². The van der Waals surface area contributed by atoms with E-state index in [0.29, 0.717) is 13.0 Å². The molecule has 0 aromatic carbocycles. The van der Waals surface area contributed by atoms with Crippen molar-refractivity contribution in [3.05, 3.63) is 0 Å². The summed E-state index contributed by atoms with van der Waals surface area (Å²) in [5, 5.41) is 8.95. The summed E-state index contributed by atoms with van der Waals surface area (Å²) in [5.41, 5.74) is -0.573. The third kappa shape index (κ3) is 3.60. The Morgan fingerprint density at radius 1 is 1.44 bits per heavy atom. The fourth-order valence-corrected chi connectivity index (χ4v) is 1.89. The largest absolute Gasteiger partial charge is 0.444 e. The number of carbonyl (C=O) groups excluding carboxylic acids is 2. The number of likely N-dealkylation sites (tertiary alicyclic amines) is 1. The monoisotopic (exact) mass is 258 g/mol. The van der Waals surface area contributed by atoms with Gasteiger partial charge in [0.15, 0.2) is 0 Å². The highest BCUT2D eigenvalue weighted by molar-refractivity contribution is 5.86. The lowest BCUT2D eigenvalue weighted by Crippen LogP contribution is -2.48. The molecule has 1 heterocycles. The predicted molar refractivity (Wildman–Crippen MR) is 65.8 cm³/mol. The first-order valence-corrected chi connectivity index (χ1v) is 6.11. The van der Waals surface area contributed by atoms with Gasteiger partial charge in [0.05, 0.1) is 0 Å². The standard InChI is InChI=1S/C12H22N2O4/c1-12(2,3)18-11(17)14-7-5-6-9(14)10(16)13(4)8-15/h9,15H,5-8H2,1-4H3. The molecule has 0 aliphatic carbocycles. The molecule has 0 aromatic rings. The van der Waals surface area contributed by atoms with Crippen LogP contribution < -0.4 is 0 Å². The van der Waals surface area contributed by atoms with Crippen LogP contribution in [0.5, 0.6) is 0 Å². The molecule has 1 atom stereocenters. The predicted octanol–water partition coefficient (Wildman–Crippen LogP) is 0.794. The van der Waals surface area contributed by atoms with Gasteiger partial charge in [-0.05, 0) is 33.6 Å². The second kappa shape index (κ2) is 5.56. The van der Waals surface area contributed by atoms with Crippen LogP contribution in [0.15, 0.2) is 0 Å². The van der Waals surface area contributed by atoms with Crippen LogP contribution >= 0.6 is 0 Å². The van der Waals surface area contributed by atoms with Crippen molar-refractivity contribution in [2.24, 2.45) is 0 Å². The maximum absolute atomic E-state index is 12.0. The molecule has 0 saturated carbocycles. The summed E-state index contributed by atoms with van der Waals surface area (Å²) in [4.78, 5) is 26.6. The van der Waals surface area contributed by atoms with Crippen molar-refractivity contribution in [2.75, 3.05) is 20.3 Å². The lowest BCUT2D eigenvalue weighted by molar-refractivity contribution is -0.137. The Hall–Kier alpha value is -1.30. The van der Waals surface area contributed by atoms with Crippen molar-refractivity contribution >= 4 is 12.0 Å². The van der Waals surface area contributed by atoms with Crippen molar-refractivity contribution in [1.82, 2.24) is 9.80 Å². The molecule has 1 rings (SSSR count). The fourth-order valence-electron chi connectivity index (χ4n) is 1.89. The van der Waals surface area contributed by atoms with Crippen LogP contribution in [-0.2, 0) is 9.53 Å². The summed E-state index contributed by atoms with van der Waals surface area (Å²) < 4.78 is 5.27. The average Bonchev–Trinajstić information content (AvgIpc) is 2.73. The minimum absolute atomic E-state index is 0.249. The highest BCUT2D eigenvalue weighted by Gasteiger charge is 2.37. The van der Waals surface area contributed by atoms with Gasteiger partial charge < -0.3 is 14.7 Å². The maximum Gasteiger partial charge on any atom is 0.410 e. The number of rotatable bonds is 2. The molecule has 1 saturated heterocycles. The van der Waals surface area contributed by atoms with Gasteiger partial charge in [0.25, 0.3) is 0 Å². The van der Waals surface area contributed by atoms with Crippen LogP contribution in [0.1, 0.15) is 33.6 Å². The van der Waals surface area contributed by atoms with E-state index in [1.54, 1.807) is 20.8 Å². The first-order valence-electron chi connectivity index (χ1n) is 6.11. The van der Waals surface area contributed by atoms with Gasteiger partial charge in [-0.1, -0.05) is 0 Å². The molecular formula is C12H22N2O4. The number of nitrogens with zero attached hydrogens (tertiary/aromatic N) is 2. The molecule has 18 heavy (non-hydrogen) atoms. The van der Waals surface area contributed by atoms with Gasteiger partial charge in [-0.3, -0.25) is 9.69 Å². The molecule has 1 N–H and O–H groups in total. The zero-order valence-electron chi connectivity index (χ0n) is 11.5. The van der Waals surface area contributed by atoms with E-state index in [4.69, 9.17) is 9.84 Å². The Bertz CT molecular complexity index is 325. The van der Waals surface area contributed by atoms with E-state index in [1.165, 1.54) is 16.8 Å². The van der Waals surface area contributed by atoms with Crippen molar-refractivity contribution in [3.63, 3.8) is 0 Å². The summed E-state index contributed by atoms with van der Waals surface area (Å²) in [5.74, 6) is -0.249. The van der Waals surface area contributed by atoms with E-state index in [0.717, 1.165) is 6.42 Å². The molecule has 1 fully saturated rings. The number of ether oxygens (including phenoxy) is 1. The molecule has 2 amide bonds. The smallest absolute Gasteiger partial charge is 0.410 e. The van der Waals surface area contributed by atoms with Crippen LogP contribution in [-0.4, -0.2) is 58.9 Å². The van der Waals surface area contributed by atoms with Crippen molar-refractivity contribution < 1.29 is 19.4 Å². The third-order valence-corrected chi connectivity index (χ3v) is 2.75. The van der Waals surface area contributed by atoms with Gasteiger partial charge in [0.1, 0.15) is 18.4 Å². The average molecular weight is 258 g/mol. The Balaban J connectivity index is 2.70. The first-order chi connectivity index (χ1) is 8.26. The van der Waals surface area contributed by atoms with Gasteiger partial charge in [0, 0.05) is 13.6 Å². The zero-order chi connectivity index (χ0) is 13.9. The van der Waals surface area contributed by atoms with E-state index in [2.05, 4.69) is 0 Å². The third-order valence-electron chi connectivity index (χ3n) is 2.75. The van der Waals surface area contributed by atoms with E-state index < -0.39 is 17.7 Å². The molecule has 0 bridgehead atoms. The van der Waals surface area contributed by atoms with E-state index in [1.807, 2.05) is 0 Å². The number of amides is 2. The number of hydrogen-bond donors (Lipinski definition) is 1. The maximum atomic E-state index is 12.0. The summed E-state index contributed by atoms with van der Waals surface area (Å²) in [6.07, 6.45) is 0.918. The molecule has 0 aromatic heterocycles. The van der Waals surface area contributed by atoms with Gasteiger partial charge in [-0.2, -0.15) is 0 Å². The number of aliphatic hydroxyl groups is 1. The highest BCUT2D eigenvalue weighted by atomic mass is 16.6. The van der Waals surface area contributed by atoms with Gasteiger partial charge in [-0.15, -0.1) is 0 Å². The molecule has 0 radical (unpaired) electrons. The van der Waals surface area contributed by atoms with Gasteiger partial charge in [0.2, 0.25) is 5.91 Å². The number of aliphatic hydroxyl groups excluding tert-OH is 1. The quantitative estimate of drug-likeness (QED) is 0.744. The summed E-state index contributed by atoms with van der Waals surface area (Å²) >= 11 is 0. The zero-order valence-corrected chi connectivity index (χ0v) is 11.5. The minimum atomic E-state index is -0.573. The van der Waals surface area contributed by atoms with Crippen LogP contribution in [0.4, 0.5) is 4.79 Å². The van der Waals surface area contributed by atoms with Crippen LogP contribution in [0.2, 0.25) is 0 Å². The molecule has 1 unspecified atom stereocenters. The molecule has 0 spiro atoms. The normalized spacial score (nSPS) is 19.8. The summed E-state index contributed by atoms with van der Waals surface area (Å²) in [7, 11) is 1.51. The first kappa shape index (κ1) is 14.8. The van der Waals surface area contributed by atoms with Gasteiger partial charge in [-0.25, -0.2) is 4.79 Å². The van der Waals surface area contributed by atoms with Crippen molar-refractivity contribution in [2.45, 2.75) is 45.3 Å². The Kier molecular flexibility index (Phi) is 4.56. The topological polar surface area (TPSA) is 70.1 Å². The van der Waals surface area contributed by atoms with Crippen LogP contribution in [0.3, 0.4) is 0 Å². The fraction of sp³-hybridized carbons (Fsp3) is 0.833. The number of hydrogen-bond acceptors (Lipinski definition) is 4. The van der Waals surface area contributed by atoms with E-state index in [9.17, 15) is 9.59 Å². The Labute approximate surface area is 107 Å².